The molecule has 0 saturated heterocycles. The Morgan fingerprint density at radius 3 is 2.94 bits per heavy atom. The molecule has 0 bridgehead atoms. The van der Waals surface area contributed by atoms with E-state index in [-0.39, 0.29) is 5.91 Å². The Morgan fingerprint density at radius 1 is 1.47 bits per heavy atom. The molecule has 17 heavy (non-hydrogen) atoms. The van der Waals surface area contributed by atoms with Crippen molar-refractivity contribution in [3.63, 3.8) is 0 Å². The van der Waals surface area contributed by atoms with Gasteiger partial charge in [-0.25, -0.2) is 0 Å². The summed E-state index contributed by atoms with van der Waals surface area (Å²) in [6.07, 6.45) is 3.44. The predicted molar refractivity (Wildman–Crippen MR) is 70.3 cm³/mol. The van der Waals surface area contributed by atoms with Gasteiger partial charge in [0.2, 0.25) is 5.91 Å². The van der Waals surface area contributed by atoms with Gasteiger partial charge in [-0.15, -0.1) is 11.3 Å². The standard InChI is InChI=1S/C12H20N2O2S/c1-16-6-4-2-3-5-14-8-11-7-10(9-17-11)12(13)15/h7,9,14H,2-6,8H2,1H3,(H2,13,15). The minimum absolute atomic E-state index is 0.355. The van der Waals surface area contributed by atoms with E-state index in [0.29, 0.717) is 5.56 Å². The monoisotopic (exact) mass is 256 g/mol. The summed E-state index contributed by atoms with van der Waals surface area (Å²) in [4.78, 5) is 12.0. The third-order valence-corrected chi connectivity index (χ3v) is 3.38. The Hall–Kier alpha value is -0.910. The van der Waals surface area contributed by atoms with E-state index in [1.807, 2.05) is 6.07 Å². The predicted octanol–water partition coefficient (Wildman–Crippen LogP) is 1.75. The van der Waals surface area contributed by atoms with Gasteiger partial charge in [-0.05, 0) is 31.9 Å². The molecule has 1 aromatic heterocycles. The SMILES string of the molecule is COCCCCCNCc1cc(C(N)=O)cs1. The second-order valence-corrected chi connectivity index (χ2v) is 4.89. The lowest BCUT2D eigenvalue weighted by atomic mass is 10.2. The van der Waals surface area contributed by atoms with Gasteiger partial charge >= 0.3 is 0 Å². The minimum atomic E-state index is -0.355. The summed E-state index contributed by atoms with van der Waals surface area (Å²) >= 11 is 1.57. The lowest BCUT2D eigenvalue weighted by Crippen LogP contribution is -2.14. The van der Waals surface area contributed by atoms with E-state index >= 15 is 0 Å². The maximum Gasteiger partial charge on any atom is 0.249 e. The number of hydrogen-bond acceptors (Lipinski definition) is 4. The van der Waals surface area contributed by atoms with Crippen LogP contribution in [-0.2, 0) is 11.3 Å². The molecule has 0 aliphatic heterocycles. The average Bonchev–Trinajstić information content (AvgIpc) is 2.77. The normalized spacial score (nSPS) is 10.6. The van der Waals surface area contributed by atoms with Crippen molar-refractivity contribution in [2.45, 2.75) is 25.8 Å². The van der Waals surface area contributed by atoms with E-state index < -0.39 is 0 Å². The van der Waals surface area contributed by atoms with E-state index in [1.54, 1.807) is 23.8 Å². The highest BCUT2D eigenvalue weighted by atomic mass is 32.1. The lowest BCUT2D eigenvalue weighted by molar-refractivity contribution is 0.100. The van der Waals surface area contributed by atoms with Crippen molar-refractivity contribution in [3.05, 3.63) is 21.9 Å². The number of unbranched alkanes of at least 4 members (excludes halogenated alkanes) is 2. The number of carbonyl (C=O) groups is 1. The van der Waals surface area contributed by atoms with Crippen LogP contribution in [0.25, 0.3) is 0 Å². The smallest absolute Gasteiger partial charge is 0.249 e. The van der Waals surface area contributed by atoms with Crippen molar-refractivity contribution in [1.29, 1.82) is 0 Å². The first-order valence-corrected chi connectivity index (χ1v) is 6.69. The number of amides is 1. The first kappa shape index (κ1) is 14.2. The molecular weight excluding hydrogens is 236 g/mol. The molecule has 5 heteroatoms. The maximum absolute atomic E-state index is 10.9. The quantitative estimate of drug-likeness (QED) is 0.662. The summed E-state index contributed by atoms with van der Waals surface area (Å²) in [6.45, 7) is 2.64. The van der Waals surface area contributed by atoms with Crippen LogP contribution in [-0.4, -0.2) is 26.2 Å². The van der Waals surface area contributed by atoms with E-state index in [0.717, 1.165) is 37.4 Å². The Bertz CT molecular complexity index is 339. The van der Waals surface area contributed by atoms with E-state index in [4.69, 9.17) is 10.5 Å². The van der Waals surface area contributed by atoms with Crippen molar-refractivity contribution in [2.75, 3.05) is 20.3 Å². The molecule has 0 unspecified atom stereocenters. The Morgan fingerprint density at radius 2 is 2.29 bits per heavy atom. The number of thiophene rings is 1. The molecule has 0 spiro atoms. The van der Waals surface area contributed by atoms with Crippen molar-refractivity contribution < 1.29 is 9.53 Å². The third kappa shape index (κ3) is 5.81. The summed E-state index contributed by atoms with van der Waals surface area (Å²) in [7, 11) is 1.73. The molecule has 96 valence electrons. The van der Waals surface area contributed by atoms with E-state index in [9.17, 15) is 4.79 Å². The number of primary amides is 1. The molecule has 0 aliphatic carbocycles. The fraction of sp³-hybridized carbons (Fsp3) is 0.583. The van der Waals surface area contributed by atoms with Crippen molar-refractivity contribution >= 4 is 17.2 Å². The zero-order chi connectivity index (χ0) is 12.5. The molecule has 1 rings (SSSR count). The number of carbonyl (C=O) groups excluding carboxylic acids is 1. The number of nitrogens with one attached hydrogen (secondary N) is 1. The fourth-order valence-electron chi connectivity index (χ4n) is 1.49. The second kappa shape index (κ2) is 8.22. The van der Waals surface area contributed by atoms with Gasteiger partial charge in [0.25, 0.3) is 0 Å². The molecule has 4 nitrogen and oxygen atoms in total. The zero-order valence-corrected chi connectivity index (χ0v) is 11.0. The van der Waals surface area contributed by atoms with Gasteiger partial charge < -0.3 is 15.8 Å². The Kier molecular flexibility index (Phi) is 6.84. The van der Waals surface area contributed by atoms with Gasteiger partial charge in [0.15, 0.2) is 0 Å². The second-order valence-electron chi connectivity index (χ2n) is 3.90. The zero-order valence-electron chi connectivity index (χ0n) is 10.2. The van der Waals surface area contributed by atoms with Gasteiger partial charge in [0, 0.05) is 30.5 Å². The van der Waals surface area contributed by atoms with Crippen LogP contribution in [0.1, 0.15) is 34.5 Å². The summed E-state index contributed by atoms with van der Waals surface area (Å²) < 4.78 is 4.98. The Balaban J connectivity index is 2.07. The molecule has 0 aliphatic rings. The summed E-state index contributed by atoms with van der Waals surface area (Å²) in [5.74, 6) is -0.355. The lowest BCUT2D eigenvalue weighted by Gasteiger charge is -2.02. The largest absolute Gasteiger partial charge is 0.385 e. The number of ether oxygens (including phenoxy) is 1. The van der Waals surface area contributed by atoms with Crippen LogP contribution in [0.15, 0.2) is 11.4 Å². The van der Waals surface area contributed by atoms with Crippen molar-refractivity contribution in [3.8, 4) is 0 Å². The summed E-state index contributed by atoms with van der Waals surface area (Å²) in [6, 6.07) is 1.85. The minimum Gasteiger partial charge on any atom is -0.385 e. The molecule has 1 aromatic rings. The first-order valence-electron chi connectivity index (χ1n) is 5.81. The Labute approximate surface area is 106 Å². The summed E-state index contributed by atoms with van der Waals surface area (Å²) in [5, 5.41) is 5.15. The van der Waals surface area contributed by atoms with Gasteiger partial charge in [-0.1, -0.05) is 0 Å². The van der Waals surface area contributed by atoms with Gasteiger partial charge in [0.1, 0.15) is 0 Å². The van der Waals surface area contributed by atoms with Gasteiger partial charge in [0.05, 0.1) is 5.56 Å². The number of methoxy groups -OCH3 is 1. The average molecular weight is 256 g/mol. The molecule has 3 N–H and O–H groups in total. The number of hydrogen-bond donors (Lipinski definition) is 2. The molecule has 1 heterocycles. The van der Waals surface area contributed by atoms with E-state index in [2.05, 4.69) is 5.32 Å². The molecule has 1 amide bonds. The fourth-order valence-corrected chi connectivity index (χ4v) is 2.33. The van der Waals surface area contributed by atoms with Crippen LogP contribution < -0.4 is 11.1 Å². The highest BCUT2D eigenvalue weighted by Gasteiger charge is 2.03. The molecule has 0 saturated carbocycles. The third-order valence-electron chi connectivity index (χ3n) is 2.44. The number of rotatable bonds is 9. The van der Waals surface area contributed by atoms with Gasteiger partial charge in [-0.3, -0.25) is 4.79 Å². The molecule has 0 radical (unpaired) electrons. The number of nitrogens with two attached hydrogens (primary N) is 1. The van der Waals surface area contributed by atoms with Gasteiger partial charge in [-0.2, -0.15) is 0 Å². The first-order chi connectivity index (χ1) is 8.24. The van der Waals surface area contributed by atoms with Crippen LogP contribution in [0.2, 0.25) is 0 Å². The van der Waals surface area contributed by atoms with Crippen molar-refractivity contribution in [2.24, 2.45) is 5.73 Å². The van der Waals surface area contributed by atoms with Crippen LogP contribution >= 0.6 is 11.3 Å². The highest BCUT2D eigenvalue weighted by Crippen LogP contribution is 2.13. The molecule has 0 aromatic carbocycles. The highest BCUT2D eigenvalue weighted by molar-refractivity contribution is 7.10. The van der Waals surface area contributed by atoms with Crippen LogP contribution in [0.5, 0.6) is 0 Å². The van der Waals surface area contributed by atoms with E-state index in [1.165, 1.54) is 6.42 Å². The molecule has 0 atom stereocenters. The molecule has 0 fully saturated rings. The van der Waals surface area contributed by atoms with Crippen LogP contribution in [0, 0.1) is 0 Å². The van der Waals surface area contributed by atoms with Crippen molar-refractivity contribution in [1.82, 2.24) is 5.32 Å². The topological polar surface area (TPSA) is 64.3 Å². The maximum atomic E-state index is 10.9. The molecular formula is C12H20N2O2S. The van der Waals surface area contributed by atoms with Crippen LogP contribution in [0.4, 0.5) is 0 Å². The van der Waals surface area contributed by atoms with Crippen LogP contribution in [0.3, 0.4) is 0 Å². The summed E-state index contributed by atoms with van der Waals surface area (Å²) in [5.41, 5.74) is 5.79.